The van der Waals surface area contributed by atoms with Crippen LogP contribution in [-0.2, 0) is 6.54 Å². The molecule has 0 atom stereocenters. The molecule has 2 aromatic rings. The minimum Gasteiger partial charge on any atom is -0.335 e. The summed E-state index contributed by atoms with van der Waals surface area (Å²) in [6.07, 6.45) is 1.65. The maximum absolute atomic E-state index is 13.6. The SMILES string of the molecule is O=C(Nc1cc(F)ccc1F)NC1CCN(Cc2ccccc2)CC1. The van der Waals surface area contributed by atoms with E-state index in [1.807, 2.05) is 18.2 Å². The molecule has 3 rings (SSSR count). The second kappa shape index (κ2) is 8.07. The Hall–Kier alpha value is -2.47. The number of benzene rings is 2. The van der Waals surface area contributed by atoms with Crippen molar-refractivity contribution in [2.45, 2.75) is 25.4 Å². The van der Waals surface area contributed by atoms with Gasteiger partial charge in [-0.1, -0.05) is 30.3 Å². The number of rotatable bonds is 4. The summed E-state index contributed by atoms with van der Waals surface area (Å²) in [6, 6.07) is 12.8. The van der Waals surface area contributed by atoms with Crippen molar-refractivity contribution >= 4 is 11.7 Å². The molecule has 0 radical (unpaired) electrons. The zero-order chi connectivity index (χ0) is 17.6. The molecular formula is C19H21F2N3O. The lowest BCUT2D eigenvalue weighted by atomic mass is 10.0. The number of hydrogen-bond donors (Lipinski definition) is 2. The number of carbonyl (C=O) groups is 1. The molecule has 0 aliphatic carbocycles. The van der Waals surface area contributed by atoms with E-state index in [2.05, 4.69) is 27.7 Å². The molecular weight excluding hydrogens is 324 g/mol. The maximum Gasteiger partial charge on any atom is 0.319 e. The third kappa shape index (κ3) is 5.00. The van der Waals surface area contributed by atoms with E-state index >= 15 is 0 Å². The van der Waals surface area contributed by atoms with E-state index in [1.165, 1.54) is 5.56 Å². The van der Waals surface area contributed by atoms with Crippen LogP contribution in [-0.4, -0.2) is 30.1 Å². The number of nitrogens with zero attached hydrogens (tertiary/aromatic N) is 1. The summed E-state index contributed by atoms with van der Waals surface area (Å²) < 4.78 is 26.7. The molecule has 6 heteroatoms. The summed E-state index contributed by atoms with van der Waals surface area (Å²) in [5.74, 6) is -1.25. The van der Waals surface area contributed by atoms with Crippen molar-refractivity contribution in [1.29, 1.82) is 0 Å². The molecule has 0 bridgehead atoms. The molecule has 2 aromatic carbocycles. The highest BCUT2D eigenvalue weighted by Crippen LogP contribution is 2.16. The fraction of sp³-hybridized carbons (Fsp3) is 0.316. The van der Waals surface area contributed by atoms with E-state index in [0.29, 0.717) is 0 Å². The minimum atomic E-state index is -0.658. The minimum absolute atomic E-state index is 0.0312. The normalized spacial score (nSPS) is 15.8. The quantitative estimate of drug-likeness (QED) is 0.886. The number of amides is 2. The molecule has 1 aliphatic heterocycles. The first kappa shape index (κ1) is 17.4. The van der Waals surface area contributed by atoms with Crippen LogP contribution in [0.3, 0.4) is 0 Å². The Balaban J connectivity index is 1.45. The number of anilines is 1. The maximum atomic E-state index is 13.6. The summed E-state index contributed by atoms with van der Waals surface area (Å²) in [4.78, 5) is 14.3. The summed E-state index contributed by atoms with van der Waals surface area (Å²) in [5.41, 5.74) is 1.12. The van der Waals surface area contributed by atoms with Gasteiger partial charge in [-0.15, -0.1) is 0 Å². The Kier molecular flexibility index (Phi) is 5.60. The Morgan fingerprint density at radius 3 is 2.52 bits per heavy atom. The van der Waals surface area contributed by atoms with Crippen LogP contribution in [0.4, 0.5) is 19.3 Å². The largest absolute Gasteiger partial charge is 0.335 e. The van der Waals surface area contributed by atoms with Crippen molar-refractivity contribution in [3.63, 3.8) is 0 Å². The zero-order valence-corrected chi connectivity index (χ0v) is 13.8. The first-order valence-electron chi connectivity index (χ1n) is 8.39. The molecule has 1 heterocycles. The summed E-state index contributed by atoms with van der Waals surface area (Å²) >= 11 is 0. The van der Waals surface area contributed by atoms with Gasteiger partial charge in [-0.2, -0.15) is 0 Å². The van der Waals surface area contributed by atoms with E-state index < -0.39 is 17.7 Å². The lowest BCUT2D eigenvalue weighted by Gasteiger charge is -2.32. The van der Waals surface area contributed by atoms with E-state index in [-0.39, 0.29) is 11.7 Å². The van der Waals surface area contributed by atoms with Gasteiger partial charge in [0, 0.05) is 31.7 Å². The molecule has 1 fully saturated rings. The summed E-state index contributed by atoms with van der Waals surface area (Å²) in [6.45, 7) is 2.66. The third-order valence-corrected chi connectivity index (χ3v) is 4.35. The fourth-order valence-electron chi connectivity index (χ4n) is 3.01. The second-order valence-corrected chi connectivity index (χ2v) is 6.26. The molecule has 1 aliphatic rings. The van der Waals surface area contributed by atoms with Gasteiger partial charge in [0.1, 0.15) is 11.6 Å². The average Bonchev–Trinajstić information content (AvgIpc) is 2.61. The van der Waals surface area contributed by atoms with Crippen LogP contribution in [0.1, 0.15) is 18.4 Å². The van der Waals surface area contributed by atoms with E-state index in [1.54, 1.807) is 0 Å². The van der Waals surface area contributed by atoms with Gasteiger partial charge in [0.2, 0.25) is 0 Å². The van der Waals surface area contributed by atoms with Crippen molar-refractivity contribution in [1.82, 2.24) is 10.2 Å². The second-order valence-electron chi connectivity index (χ2n) is 6.26. The molecule has 0 saturated carbocycles. The van der Waals surface area contributed by atoms with E-state index in [0.717, 1.165) is 50.7 Å². The van der Waals surface area contributed by atoms with Gasteiger partial charge in [0.15, 0.2) is 0 Å². The first-order valence-corrected chi connectivity index (χ1v) is 8.39. The van der Waals surface area contributed by atoms with Gasteiger partial charge in [-0.05, 0) is 30.5 Å². The molecule has 1 saturated heterocycles. The van der Waals surface area contributed by atoms with Gasteiger partial charge in [0.05, 0.1) is 5.69 Å². The molecule has 132 valence electrons. The summed E-state index contributed by atoms with van der Waals surface area (Å²) in [5, 5.41) is 5.20. The highest BCUT2D eigenvalue weighted by Gasteiger charge is 2.21. The first-order chi connectivity index (χ1) is 12.1. The monoisotopic (exact) mass is 345 g/mol. The lowest BCUT2D eigenvalue weighted by molar-refractivity contribution is 0.190. The molecule has 2 N–H and O–H groups in total. The number of urea groups is 1. The van der Waals surface area contributed by atoms with Crippen molar-refractivity contribution in [3.8, 4) is 0 Å². The Morgan fingerprint density at radius 2 is 1.80 bits per heavy atom. The molecule has 4 nitrogen and oxygen atoms in total. The number of piperidine rings is 1. The van der Waals surface area contributed by atoms with Crippen LogP contribution >= 0.6 is 0 Å². The van der Waals surface area contributed by atoms with Gasteiger partial charge in [0.25, 0.3) is 0 Å². The van der Waals surface area contributed by atoms with Crippen molar-refractivity contribution < 1.29 is 13.6 Å². The highest BCUT2D eigenvalue weighted by atomic mass is 19.1. The van der Waals surface area contributed by atoms with Crippen molar-refractivity contribution in [2.24, 2.45) is 0 Å². The molecule has 0 spiro atoms. The van der Waals surface area contributed by atoms with Crippen LogP contribution in [0, 0.1) is 11.6 Å². The third-order valence-electron chi connectivity index (χ3n) is 4.35. The fourth-order valence-corrected chi connectivity index (χ4v) is 3.01. The number of likely N-dealkylation sites (tertiary alicyclic amines) is 1. The Labute approximate surface area is 145 Å². The Bertz CT molecular complexity index is 716. The Morgan fingerprint density at radius 1 is 1.08 bits per heavy atom. The van der Waals surface area contributed by atoms with Crippen LogP contribution in [0.25, 0.3) is 0 Å². The van der Waals surface area contributed by atoms with Gasteiger partial charge in [-0.3, -0.25) is 4.90 Å². The zero-order valence-electron chi connectivity index (χ0n) is 13.8. The summed E-state index contributed by atoms with van der Waals surface area (Å²) in [7, 11) is 0. The van der Waals surface area contributed by atoms with E-state index in [9.17, 15) is 13.6 Å². The number of halogens is 2. The van der Waals surface area contributed by atoms with E-state index in [4.69, 9.17) is 0 Å². The smallest absolute Gasteiger partial charge is 0.319 e. The number of nitrogens with one attached hydrogen (secondary N) is 2. The van der Waals surface area contributed by atoms with Gasteiger partial charge in [-0.25, -0.2) is 13.6 Å². The van der Waals surface area contributed by atoms with Gasteiger partial charge < -0.3 is 10.6 Å². The predicted octanol–water partition coefficient (Wildman–Crippen LogP) is 3.75. The molecule has 0 unspecified atom stereocenters. The van der Waals surface area contributed by atoms with Crippen LogP contribution in [0.15, 0.2) is 48.5 Å². The average molecular weight is 345 g/mol. The van der Waals surface area contributed by atoms with Crippen LogP contribution in [0.2, 0.25) is 0 Å². The predicted molar refractivity (Wildman–Crippen MR) is 93.3 cm³/mol. The topological polar surface area (TPSA) is 44.4 Å². The van der Waals surface area contributed by atoms with Crippen molar-refractivity contribution in [2.75, 3.05) is 18.4 Å². The lowest BCUT2D eigenvalue weighted by Crippen LogP contribution is -2.45. The van der Waals surface area contributed by atoms with Crippen molar-refractivity contribution in [3.05, 3.63) is 65.7 Å². The van der Waals surface area contributed by atoms with Gasteiger partial charge >= 0.3 is 6.03 Å². The molecule has 25 heavy (non-hydrogen) atoms. The number of carbonyl (C=O) groups excluding carboxylic acids is 1. The molecule has 2 amide bonds. The number of hydrogen-bond acceptors (Lipinski definition) is 2. The van der Waals surface area contributed by atoms with Crippen LogP contribution < -0.4 is 10.6 Å². The molecule has 0 aromatic heterocycles. The standard InChI is InChI=1S/C19H21F2N3O/c20-15-6-7-17(21)18(12-15)23-19(25)22-16-8-10-24(11-9-16)13-14-4-2-1-3-5-14/h1-7,12,16H,8-11,13H2,(H2,22,23,25). The highest BCUT2D eigenvalue weighted by molar-refractivity contribution is 5.89. The van der Waals surface area contributed by atoms with Crippen LogP contribution in [0.5, 0.6) is 0 Å².